The minimum absolute atomic E-state index is 0.00533. The average Bonchev–Trinajstić information content (AvgIpc) is 2.33. The maximum atomic E-state index is 11.6. The van der Waals surface area contributed by atoms with Gasteiger partial charge in [-0.1, -0.05) is 20.8 Å². The van der Waals surface area contributed by atoms with Gasteiger partial charge in [0.1, 0.15) is 0 Å². The van der Waals surface area contributed by atoms with Crippen LogP contribution >= 0.6 is 0 Å². The molecule has 100 valence electrons. The molecule has 0 spiro atoms. The number of amides is 2. The maximum absolute atomic E-state index is 11.6. The Balaban J connectivity index is 3.59. The summed E-state index contributed by atoms with van der Waals surface area (Å²) >= 11 is 0. The van der Waals surface area contributed by atoms with Crippen LogP contribution in [-0.4, -0.2) is 38.0 Å². The molecule has 0 saturated heterocycles. The molecular formula is C12H25N3O2. The van der Waals surface area contributed by atoms with Gasteiger partial charge in [-0.05, 0) is 13.0 Å². The van der Waals surface area contributed by atoms with Crippen molar-refractivity contribution in [2.45, 2.75) is 33.6 Å². The fraction of sp³-hybridized carbons (Fsp3) is 0.833. The van der Waals surface area contributed by atoms with Crippen LogP contribution in [0.15, 0.2) is 0 Å². The molecule has 2 amide bonds. The second-order valence-electron chi connectivity index (χ2n) is 4.10. The summed E-state index contributed by atoms with van der Waals surface area (Å²) in [6.45, 7) is 8.51. The van der Waals surface area contributed by atoms with Crippen LogP contribution in [0.4, 0.5) is 0 Å². The van der Waals surface area contributed by atoms with E-state index in [0.717, 1.165) is 13.0 Å². The van der Waals surface area contributed by atoms with Gasteiger partial charge < -0.3 is 16.0 Å². The summed E-state index contributed by atoms with van der Waals surface area (Å²) in [7, 11) is 0. The van der Waals surface area contributed by atoms with Gasteiger partial charge in [-0.2, -0.15) is 0 Å². The topological polar surface area (TPSA) is 70.2 Å². The first-order valence-electron chi connectivity index (χ1n) is 6.36. The van der Waals surface area contributed by atoms with Gasteiger partial charge in [-0.3, -0.25) is 9.59 Å². The molecular weight excluding hydrogens is 218 g/mol. The smallest absolute Gasteiger partial charge is 0.224 e. The SMILES string of the molecule is CCCNC(=O)CCNC(=O)C(C)CNCC. The first kappa shape index (κ1) is 15.9. The minimum atomic E-state index is -0.0614. The summed E-state index contributed by atoms with van der Waals surface area (Å²) in [4.78, 5) is 22.8. The molecule has 0 aliphatic carbocycles. The number of hydrogen-bond donors (Lipinski definition) is 3. The molecule has 0 saturated carbocycles. The zero-order valence-corrected chi connectivity index (χ0v) is 11.1. The van der Waals surface area contributed by atoms with Crippen LogP contribution in [0.25, 0.3) is 0 Å². The summed E-state index contributed by atoms with van der Waals surface area (Å²) in [5, 5.41) is 8.64. The summed E-state index contributed by atoms with van der Waals surface area (Å²) in [6.07, 6.45) is 1.28. The van der Waals surface area contributed by atoms with Crippen LogP contribution in [0, 0.1) is 5.92 Å². The Morgan fingerprint density at radius 3 is 2.41 bits per heavy atom. The van der Waals surface area contributed by atoms with Gasteiger partial charge >= 0.3 is 0 Å². The Bertz CT molecular complexity index is 232. The fourth-order valence-corrected chi connectivity index (χ4v) is 1.28. The molecule has 0 bridgehead atoms. The Labute approximate surface area is 104 Å². The molecule has 0 aromatic heterocycles. The number of rotatable bonds is 9. The van der Waals surface area contributed by atoms with E-state index < -0.39 is 0 Å². The van der Waals surface area contributed by atoms with Crippen molar-refractivity contribution in [1.82, 2.24) is 16.0 Å². The zero-order valence-electron chi connectivity index (χ0n) is 11.1. The van der Waals surface area contributed by atoms with Crippen molar-refractivity contribution < 1.29 is 9.59 Å². The third-order valence-electron chi connectivity index (χ3n) is 2.37. The lowest BCUT2D eigenvalue weighted by Crippen LogP contribution is -2.37. The minimum Gasteiger partial charge on any atom is -0.356 e. The monoisotopic (exact) mass is 243 g/mol. The van der Waals surface area contributed by atoms with Crippen LogP contribution < -0.4 is 16.0 Å². The Kier molecular flexibility index (Phi) is 9.43. The summed E-state index contributed by atoms with van der Waals surface area (Å²) in [6, 6.07) is 0. The van der Waals surface area contributed by atoms with E-state index in [4.69, 9.17) is 0 Å². The molecule has 5 heteroatoms. The highest BCUT2D eigenvalue weighted by Crippen LogP contribution is 1.92. The van der Waals surface area contributed by atoms with E-state index in [2.05, 4.69) is 16.0 Å². The number of hydrogen-bond acceptors (Lipinski definition) is 3. The summed E-state index contributed by atoms with van der Waals surface area (Å²) < 4.78 is 0. The molecule has 0 aliphatic heterocycles. The van der Waals surface area contributed by atoms with E-state index in [1.807, 2.05) is 20.8 Å². The van der Waals surface area contributed by atoms with Crippen LogP contribution in [0.2, 0.25) is 0 Å². The normalized spacial score (nSPS) is 11.9. The lowest BCUT2D eigenvalue weighted by Gasteiger charge is -2.12. The summed E-state index contributed by atoms with van der Waals surface area (Å²) in [5.74, 6) is -0.0746. The number of carbonyl (C=O) groups excluding carboxylic acids is 2. The van der Waals surface area contributed by atoms with E-state index in [1.165, 1.54) is 0 Å². The highest BCUT2D eigenvalue weighted by molar-refractivity contribution is 5.80. The lowest BCUT2D eigenvalue weighted by atomic mass is 10.1. The van der Waals surface area contributed by atoms with Gasteiger partial charge in [0.25, 0.3) is 0 Å². The third-order valence-corrected chi connectivity index (χ3v) is 2.37. The molecule has 0 radical (unpaired) electrons. The Hall–Kier alpha value is -1.10. The van der Waals surface area contributed by atoms with Crippen molar-refractivity contribution in [3.05, 3.63) is 0 Å². The van der Waals surface area contributed by atoms with Gasteiger partial charge in [0, 0.05) is 32.0 Å². The predicted octanol–water partition coefficient (Wildman–Crippen LogP) is 0.265. The quantitative estimate of drug-likeness (QED) is 0.544. The maximum Gasteiger partial charge on any atom is 0.224 e. The van der Waals surface area contributed by atoms with Crippen LogP contribution in [0.5, 0.6) is 0 Å². The van der Waals surface area contributed by atoms with Crippen molar-refractivity contribution in [3.8, 4) is 0 Å². The van der Waals surface area contributed by atoms with Gasteiger partial charge in [-0.25, -0.2) is 0 Å². The van der Waals surface area contributed by atoms with Crippen LogP contribution in [0.3, 0.4) is 0 Å². The largest absolute Gasteiger partial charge is 0.356 e. The molecule has 3 N–H and O–H groups in total. The van der Waals surface area contributed by atoms with Crippen molar-refractivity contribution in [1.29, 1.82) is 0 Å². The standard InChI is InChI=1S/C12H25N3O2/c1-4-7-14-11(16)6-8-15-12(17)10(3)9-13-5-2/h10,13H,4-9H2,1-3H3,(H,14,16)(H,15,17). The molecule has 0 heterocycles. The molecule has 0 aromatic carbocycles. The van der Waals surface area contributed by atoms with Crippen molar-refractivity contribution in [3.63, 3.8) is 0 Å². The molecule has 0 rings (SSSR count). The Morgan fingerprint density at radius 1 is 1.12 bits per heavy atom. The van der Waals surface area contributed by atoms with Crippen LogP contribution in [-0.2, 0) is 9.59 Å². The highest BCUT2D eigenvalue weighted by Gasteiger charge is 2.11. The van der Waals surface area contributed by atoms with Crippen molar-refractivity contribution in [2.24, 2.45) is 5.92 Å². The van der Waals surface area contributed by atoms with Gasteiger partial charge in [0.2, 0.25) is 11.8 Å². The molecule has 17 heavy (non-hydrogen) atoms. The molecule has 5 nitrogen and oxygen atoms in total. The van der Waals surface area contributed by atoms with E-state index in [-0.39, 0.29) is 17.7 Å². The number of nitrogens with one attached hydrogen (secondary N) is 3. The first-order chi connectivity index (χ1) is 8.11. The van der Waals surface area contributed by atoms with Crippen LogP contribution in [0.1, 0.15) is 33.6 Å². The first-order valence-corrected chi connectivity index (χ1v) is 6.36. The van der Waals surface area contributed by atoms with Gasteiger partial charge in [0.05, 0.1) is 0 Å². The van der Waals surface area contributed by atoms with E-state index >= 15 is 0 Å². The van der Waals surface area contributed by atoms with Crippen molar-refractivity contribution in [2.75, 3.05) is 26.2 Å². The third kappa shape index (κ3) is 8.68. The summed E-state index contributed by atoms with van der Waals surface area (Å²) in [5.41, 5.74) is 0. The fourth-order valence-electron chi connectivity index (χ4n) is 1.28. The van der Waals surface area contributed by atoms with E-state index in [9.17, 15) is 9.59 Å². The molecule has 0 aromatic rings. The number of carbonyl (C=O) groups is 2. The highest BCUT2D eigenvalue weighted by atomic mass is 16.2. The van der Waals surface area contributed by atoms with E-state index in [0.29, 0.717) is 26.1 Å². The molecule has 1 atom stereocenters. The molecule has 0 aliphatic rings. The van der Waals surface area contributed by atoms with E-state index in [1.54, 1.807) is 0 Å². The predicted molar refractivity (Wildman–Crippen MR) is 68.6 cm³/mol. The molecule has 0 fully saturated rings. The molecule has 1 unspecified atom stereocenters. The van der Waals surface area contributed by atoms with Crippen molar-refractivity contribution >= 4 is 11.8 Å². The Morgan fingerprint density at radius 2 is 1.82 bits per heavy atom. The second-order valence-corrected chi connectivity index (χ2v) is 4.10. The lowest BCUT2D eigenvalue weighted by molar-refractivity contribution is -0.124. The second kappa shape index (κ2) is 10.1. The average molecular weight is 243 g/mol. The van der Waals surface area contributed by atoms with Gasteiger partial charge in [0.15, 0.2) is 0 Å². The van der Waals surface area contributed by atoms with Gasteiger partial charge in [-0.15, -0.1) is 0 Å². The zero-order chi connectivity index (χ0) is 13.1.